The third-order valence-electron chi connectivity index (χ3n) is 3.50. The summed E-state index contributed by atoms with van der Waals surface area (Å²) in [5.74, 6) is -0.485. The monoisotopic (exact) mass is 277 g/mol. The van der Waals surface area contributed by atoms with Crippen LogP contribution in [0.1, 0.15) is 24.0 Å². The van der Waals surface area contributed by atoms with Gasteiger partial charge in [-0.25, -0.2) is 0 Å². The van der Waals surface area contributed by atoms with Gasteiger partial charge in [-0.1, -0.05) is 6.07 Å². The molecule has 0 bridgehead atoms. The number of aliphatic carboxylic acids is 1. The van der Waals surface area contributed by atoms with Crippen LogP contribution in [0.3, 0.4) is 0 Å². The number of carboxylic acids is 1. The molecule has 5 nitrogen and oxygen atoms in total. The molecule has 108 valence electrons. The molecule has 2 rings (SSSR count). The zero-order chi connectivity index (χ0) is 14.8. The standard InChI is InChI=1S/C15H19NO4/c1-10-5-11(2)7-12(6-10)20-8-13(17)16-9-15(3-4-15)14(18)19/h5-7H,3-4,8-9H2,1-2H3,(H,16,17)(H,18,19). The van der Waals surface area contributed by atoms with Gasteiger partial charge < -0.3 is 15.2 Å². The number of hydrogen-bond donors (Lipinski definition) is 2. The number of amides is 1. The Labute approximate surface area is 117 Å². The summed E-state index contributed by atoms with van der Waals surface area (Å²) in [6.45, 7) is 4.00. The second-order valence-electron chi connectivity index (χ2n) is 5.47. The first-order chi connectivity index (χ1) is 9.41. The third-order valence-corrected chi connectivity index (χ3v) is 3.50. The minimum absolute atomic E-state index is 0.0986. The normalized spacial score (nSPS) is 15.5. The average Bonchev–Trinajstić information content (AvgIpc) is 3.14. The average molecular weight is 277 g/mol. The number of rotatable bonds is 6. The molecule has 0 radical (unpaired) electrons. The minimum atomic E-state index is -0.840. The maximum absolute atomic E-state index is 11.7. The second kappa shape index (κ2) is 5.53. The van der Waals surface area contributed by atoms with Crippen molar-refractivity contribution in [3.63, 3.8) is 0 Å². The molecule has 1 saturated carbocycles. The summed E-state index contributed by atoms with van der Waals surface area (Å²) in [5.41, 5.74) is 1.40. The Morgan fingerprint density at radius 3 is 2.35 bits per heavy atom. The van der Waals surface area contributed by atoms with Gasteiger partial charge in [-0.3, -0.25) is 9.59 Å². The molecule has 2 N–H and O–H groups in total. The first kappa shape index (κ1) is 14.4. The zero-order valence-corrected chi connectivity index (χ0v) is 11.7. The van der Waals surface area contributed by atoms with E-state index >= 15 is 0 Å². The van der Waals surface area contributed by atoms with Gasteiger partial charge in [0.2, 0.25) is 0 Å². The number of benzene rings is 1. The maximum Gasteiger partial charge on any atom is 0.311 e. The van der Waals surface area contributed by atoms with Gasteiger partial charge in [0.25, 0.3) is 5.91 Å². The molecule has 0 aromatic heterocycles. The van der Waals surface area contributed by atoms with Crippen molar-refractivity contribution in [1.29, 1.82) is 0 Å². The van der Waals surface area contributed by atoms with Gasteiger partial charge in [0.1, 0.15) is 5.75 Å². The maximum atomic E-state index is 11.7. The minimum Gasteiger partial charge on any atom is -0.484 e. The zero-order valence-electron chi connectivity index (χ0n) is 11.7. The summed E-state index contributed by atoms with van der Waals surface area (Å²) in [5, 5.41) is 11.6. The van der Waals surface area contributed by atoms with Crippen molar-refractivity contribution >= 4 is 11.9 Å². The first-order valence-corrected chi connectivity index (χ1v) is 6.62. The summed E-state index contributed by atoms with van der Waals surface area (Å²) >= 11 is 0. The molecule has 1 amide bonds. The lowest BCUT2D eigenvalue weighted by Crippen LogP contribution is -2.36. The van der Waals surface area contributed by atoms with Crippen molar-refractivity contribution in [2.75, 3.05) is 13.2 Å². The molecule has 0 heterocycles. The second-order valence-corrected chi connectivity index (χ2v) is 5.47. The molecule has 1 aromatic carbocycles. The molecule has 20 heavy (non-hydrogen) atoms. The van der Waals surface area contributed by atoms with E-state index in [-0.39, 0.29) is 19.1 Å². The van der Waals surface area contributed by atoms with E-state index < -0.39 is 11.4 Å². The van der Waals surface area contributed by atoms with Crippen LogP contribution in [0.15, 0.2) is 18.2 Å². The molecule has 1 fully saturated rings. The number of hydrogen-bond acceptors (Lipinski definition) is 3. The highest BCUT2D eigenvalue weighted by Crippen LogP contribution is 2.45. The summed E-state index contributed by atoms with van der Waals surface area (Å²) < 4.78 is 5.42. The van der Waals surface area contributed by atoms with Crippen LogP contribution in [-0.4, -0.2) is 30.1 Å². The molecule has 0 aliphatic heterocycles. The lowest BCUT2D eigenvalue weighted by molar-refractivity contribution is -0.143. The SMILES string of the molecule is Cc1cc(C)cc(OCC(=O)NCC2(C(=O)O)CC2)c1. The van der Waals surface area contributed by atoms with Crippen molar-refractivity contribution in [2.45, 2.75) is 26.7 Å². The van der Waals surface area contributed by atoms with Crippen molar-refractivity contribution in [3.8, 4) is 5.75 Å². The lowest BCUT2D eigenvalue weighted by Gasteiger charge is -2.12. The van der Waals surface area contributed by atoms with E-state index in [4.69, 9.17) is 9.84 Å². The van der Waals surface area contributed by atoms with Crippen LogP contribution >= 0.6 is 0 Å². The highest BCUT2D eigenvalue weighted by molar-refractivity contribution is 5.81. The number of nitrogens with one attached hydrogen (secondary N) is 1. The number of ether oxygens (including phenoxy) is 1. The summed E-state index contributed by atoms with van der Waals surface area (Å²) in [6, 6.07) is 5.75. The smallest absolute Gasteiger partial charge is 0.311 e. The van der Waals surface area contributed by atoms with Gasteiger partial charge in [-0.15, -0.1) is 0 Å². The molecule has 0 unspecified atom stereocenters. The summed E-state index contributed by atoms with van der Waals surface area (Å²) in [6.07, 6.45) is 1.25. The van der Waals surface area contributed by atoms with E-state index in [9.17, 15) is 9.59 Å². The van der Waals surface area contributed by atoms with Crippen LogP contribution in [0, 0.1) is 19.3 Å². The molecule has 1 aromatic rings. The third kappa shape index (κ3) is 3.50. The van der Waals surface area contributed by atoms with Crippen LogP contribution in [-0.2, 0) is 9.59 Å². The quantitative estimate of drug-likeness (QED) is 0.829. The number of carboxylic acid groups (broad SMARTS) is 1. The predicted octanol–water partition coefficient (Wildman–Crippen LogP) is 1.66. The molecule has 1 aliphatic carbocycles. The molecule has 1 aliphatic rings. The topological polar surface area (TPSA) is 75.6 Å². The Balaban J connectivity index is 1.79. The van der Waals surface area contributed by atoms with E-state index in [0.717, 1.165) is 11.1 Å². The largest absolute Gasteiger partial charge is 0.484 e. The van der Waals surface area contributed by atoms with Gasteiger partial charge >= 0.3 is 5.97 Å². The van der Waals surface area contributed by atoms with E-state index in [0.29, 0.717) is 18.6 Å². The van der Waals surface area contributed by atoms with E-state index in [1.165, 1.54) is 0 Å². The van der Waals surface area contributed by atoms with Crippen LogP contribution in [0.5, 0.6) is 5.75 Å². The fourth-order valence-corrected chi connectivity index (χ4v) is 2.10. The Morgan fingerprint density at radius 1 is 1.25 bits per heavy atom. The summed E-state index contributed by atoms with van der Waals surface area (Å²) in [4.78, 5) is 22.6. The van der Waals surface area contributed by atoms with Crippen molar-refractivity contribution in [1.82, 2.24) is 5.32 Å². The Hall–Kier alpha value is -2.04. The highest BCUT2D eigenvalue weighted by Gasteiger charge is 2.50. The van der Waals surface area contributed by atoms with E-state index in [1.54, 1.807) is 0 Å². The number of carbonyl (C=O) groups is 2. The van der Waals surface area contributed by atoms with Gasteiger partial charge in [0.05, 0.1) is 5.41 Å². The predicted molar refractivity (Wildman–Crippen MR) is 73.7 cm³/mol. The highest BCUT2D eigenvalue weighted by atomic mass is 16.5. The van der Waals surface area contributed by atoms with Crippen LogP contribution in [0.25, 0.3) is 0 Å². The molecule has 0 spiro atoms. The lowest BCUT2D eigenvalue weighted by atomic mass is 10.1. The molecule has 0 atom stereocenters. The fourth-order valence-electron chi connectivity index (χ4n) is 2.10. The van der Waals surface area contributed by atoms with Gasteiger partial charge in [-0.05, 0) is 49.9 Å². The molecule has 0 saturated heterocycles. The Bertz CT molecular complexity index is 514. The van der Waals surface area contributed by atoms with Crippen molar-refractivity contribution in [2.24, 2.45) is 5.41 Å². The Kier molecular flexibility index (Phi) is 3.97. The summed E-state index contributed by atoms with van der Waals surface area (Å²) in [7, 11) is 0. The van der Waals surface area contributed by atoms with Crippen LogP contribution < -0.4 is 10.1 Å². The van der Waals surface area contributed by atoms with Crippen molar-refractivity contribution < 1.29 is 19.4 Å². The van der Waals surface area contributed by atoms with Crippen LogP contribution in [0.4, 0.5) is 0 Å². The number of aryl methyl sites for hydroxylation is 2. The molecular weight excluding hydrogens is 258 g/mol. The van der Waals surface area contributed by atoms with Gasteiger partial charge in [0, 0.05) is 6.54 Å². The van der Waals surface area contributed by atoms with Crippen LogP contribution in [0.2, 0.25) is 0 Å². The van der Waals surface area contributed by atoms with E-state index in [2.05, 4.69) is 5.32 Å². The fraction of sp³-hybridized carbons (Fsp3) is 0.467. The van der Waals surface area contributed by atoms with Gasteiger partial charge in [-0.2, -0.15) is 0 Å². The van der Waals surface area contributed by atoms with E-state index in [1.807, 2.05) is 32.0 Å². The van der Waals surface area contributed by atoms with Gasteiger partial charge in [0.15, 0.2) is 6.61 Å². The number of carbonyl (C=O) groups excluding carboxylic acids is 1. The first-order valence-electron chi connectivity index (χ1n) is 6.62. The Morgan fingerprint density at radius 2 is 1.85 bits per heavy atom. The molecular formula is C15H19NO4. The molecule has 5 heteroatoms. The van der Waals surface area contributed by atoms with Crippen molar-refractivity contribution in [3.05, 3.63) is 29.3 Å².